The van der Waals surface area contributed by atoms with E-state index in [4.69, 9.17) is 9.72 Å². The molecule has 3 aromatic rings. The summed E-state index contributed by atoms with van der Waals surface area (Å²) in [7, 11) is 1.65. The normalized spacial score (nSPS) is 19.9. The maximum atomic E-state index is 5.22. The van der Waals surface area contributed by atoms with Crippen LogP contribution in [-0.4, -0.2) is 29.8 Å². The fourth-order valence-electron chi connectivity index (χ4n) is 4.37. The maximum Gasteiger partial charge on any atom is 0.142 e. The Morgan fingerprint density at radius 3 is 2.41 bits per heavy atom. The first-order valence-electron chi connectivity index (χ1n) is 10.6. The summed E-state index contributed by atoms with van der Waals surface area (Å²) in [5, 5.41) is 1.25. The summed E-state index contributed by atoms with van der Waals surface area (Å²) in [6.07, 6.45) is 6.75. The summed E-state index contributed by atoms with van der Waals surface area (Å²) >= 11 is 0. The molecule has 0 spiro atoms. The van der Waals surface area contributed by atoms with Gasteiger partial charge in [-0.15, -0.1) is 0 Å². The van der Waals surface area contributed by atoms with Crippen molar-refractivity contribution >= 4 is 22.5 Å². The molecule has 0 bridgehead atoms. The minimum atomic E-state index is 0.690. The fraction of sp³-hybridized carbons (Fsp3) is 0.400. The van der Waals surface area contributed by atoms with Gasteiger partial charge in [-0.25, -0.2) is 4.98 Å². The largest absolute Gasteiger partial charge is 0.497 e. The Labute approximate surface area is 173 Å². The number of ether oxygens (including phenoxy) is 1. The van der Waals surface area contributed by atoms with Crippen LogP contribution in [0.4, 0.5) is 5.69 Å². The van der Waals surface area contributed by atoms with Crippen molar-refractivity contribution in [3.8, 4) is 0 Å². The van der Waals surface area contributed by atoms with Crippen molar-refractivity contribution < 1.29 is 4.74 Å². The SMILES string of the molecule is C=C(OC)c1ccc(Cn2ccc3c(N4CC(C)CCC(C)C4)ccnc32)cc1. The standard InChI is InChI=1S/C25H31N3O/c1-18-5-6-19(2)16-28(15-18)24-11-13-26-25-23(24)12-14-27(25)17-21-7-9-22(10-8-21)20(3)29-4/h7-14,18-19H,3,5-6,15-17H2,1-2,4H3. The first-order valence-corrected chi connectivity index (χ1v) is 10.6. The van der Waals surface area contributed by atoms with Crippen LogP contribution >= 0.6 is 0 Å². The summed E-state index contributed by atoms with van der Waals surface area (Å²) in [4.78, 5) is 7.29. The predicted molar refractivity (Wildman–Crippen MR) is 121 cm³/mol. The first-order chi connectivity index (χ1) is 14.0. The number of nitrogens with zero attached hydrogens (tertiary/aromatic N) is 3. The van der Waals surface area contributed by atoms with Crippen molar-refractivity contribution in [3.05, 3.63) is 66.5 Å². The number of benzene rings is 1. The number of hydrogen-bond donors (Lipinski definition) is 0. The van der Waals surface area contributed by atoms with Gasteiger partial charge in [-0.05, 0) is 42.4 Å². The average Bonchev–Trinajstić information content (AvgIpc) is 3.06. The molecule has 0 amide bonds. The molecule has 0 aliphatic carbocycles. The van der Waals surface area contributed by atoms with Gasteiger partial charge in [-0.1, -0.05) is 44.7 Å². The Morgan fingerprint density at radius 1 is 1.07 bits per heavy atom. The lowest BCUT2D eigenvalue weighted by Gasteiger charge is -2.27. The summed E-state index contributed by atoms with van der Waals surface area (Å²) in [5.74, 6) is 2.14. The number of rotatable bonds is 5. The lowest BCUT2D eigenvalue weighted by molar-refractivity contribution is 0.371. The molecule has 152 valence electrons. The molecule has 2 atom stereocenters. The Bertz CT molecular complexity index is 977. The summed E-state index contributed by atoms with van der Waals surface area (Å²) in [6, 6.07) is 12.8. The molecule has 0 radical (unpaired) electrons. The third-order valence-electron chi connectivity index (χ3n) is 6.07. The molecular formula is C25H31N3O. The van der Waals surface area contributed by atoms with E-state index in [2.05, 4.69) is 72.5 Å². The van der Waals surface area contributed by atoms with Crippen LogP contribution in [0.2, 0.25) is 0 Å². The van der Waals surface area contributed by atoms with E-state index in [9.17, 15) is 0 Å². The molecule has 0 N–H and O–H groups in total. The van der Waals surface area contributed by atoms with E-state index in [-0.39, 0.29) is 0 Å². The Balaban J connectivity index is 1.61. The fourth-order valence-corrected chi connectivity index (χ4v) is 4.37. The zero-order valence-electron chi connectivity index (χ0n) is 17.8. The number of pyridine rings is 1. The number of hydrogen-bond acceptors (Lipinski definition) is 3. The Kier molecular flexibility index (Phi) is 5.61. The molecule has 4 rings (SSSR count). The minimum Gasteiger partial charge on any atom is -0.497 e. The summed E-state index contributed by atoms with van der Waals surface area (Å²) < 4.78 is 7.46. The highest BCUT2D eigenvalue weighted by molar-refractivity contribution is 5.90. The van der Waals surface area contributed by atoms with E-state index in [1.807, 2.05) is 6.20 Å². The minimum absolute atomic E-state index is 0.690. The molecular weight excluding hydrogens is 358 g/mol. The van der Waals surface area contributed by atoms with Gasteiger partial charge in [-0.3, -0.25) is 0 Å². The molecule has 0 saturated carbocycles. The molecule has 29 heavy (non-hydrogen) atoms. The van der Waals surface area contributed by atoms with Crippen LogP contribution in [0.3, 0.4) is 0 Å². The molecule has 4 nitrogen and oxygen atoms in total. The van der Waals surface area contributed by atoms with Crippen molar-refractivity contribution in [1.29, 1.82) is 0 Å². The second kappa shape index (κ2) is 8.32. The number of anilines is 1. The highest BCUT2D eigenvalue weighted by atomic mass is 16.5. The molecule has 1 saturated heterocycles. The van der Waals surface area contributed by atoms with Crippen LogP contribution in [0.25, 0.3) is 16.8 Å². The van der Waals surface area contributed by atoms with E-state index in [0.717, 1.165) is 42.7 Å². The maximum absolute atomic E-state index is 5.22. The molecule has 1 aliphatic heterocycles. The van der Waals surface area contributed by atoms with Crippen LogP contribution in [0.1, 0.15) is 37.8 Å². The van der Waals surface area contributed by atoms with E-state index < -0.39 is 0 Å². The van der Waals surface area contributed by atoms with Crippen LogP contribution < -0.4 is 4.90 Å². The van der Waals surface area contributed by atoms with E-state index in [1.54, 1.807) is 7.11 Å². The third kappa shape index (κ3) is 4.16. The van der Waals surface area contributed by atoms with Gasteiger partial charge in [0.2, 0.25) is 0 Å². The molecule has 2 unspecified atom stereocenters. The van der Waals surface area contributed by atoms with Gasteiger partial charge in [0.15, 0.2) is 0 Å². The van der Waals surface area contributed by atoms with Crippen molar-refractivity contribution in [3.63, 3.8) is 0 Å². The van der Waals surface area contributed by atoms with Crippen molar-refractivity contribution in [2.45, 2.75) is 33.2 Å². The molecule has 1 aliphatic rings. The van der Waals surface area contributed by atoms with Crippen LogP contribution in [0.5, 0.6) is 0 Å². The second-order valence-corrected chi connectivity index (χ2v) is 8.53. The zero-order valence-corrected chi connectivity index (χ0v) is 17.8. The zero-order chi connectivity index (χ0) is 20.4. The lowest BCUT2D eigenvalue weighted by atomic mass is 10.0. The monoisotopic (exact) mass is 389 g/mol. The third-order valence-corrected chi connectivity index (χ3v) is 6.07. The summed E-state index contributed by atoms with van der Waals surface area (Å²) in [5.41, 5.74) is 4.62. The first kappa shape index (κ1) is 19.6. The van der Waals surface area contributed by atoms with E-state index in [0.29, 0.717) is 5.76 Å². The number of methoxy groups -OCH3 is 1. The molecule has 3 heterocycles. The van der Waals surface area contributed by atoms with Gasteiger partial charge in [-0.2, -0.15) is 0 Å². The topological polar surface area (TPSA) is 30.3 Å². The van der Waals surface area contributed by atoms with Crippen LogP contribution in [0, 0.1) is 11.8 Å². The van der Waals surface area contributed by atoms with Gasteiger partial charge < -0.3 is 14.2 Å². The van der Waals surface area contributed by atoms with Crippen LogP contribution in [-0.2, 0) is 11.3 Å². The average molecular weight is 390 g/mol. The lowest BCUT2D eigenvalue weighted by Crippen LogP contribution is -2.29. The van der Waals surface area contributed by atoms with Gasteiger partial charge in [0.25, 0.3) is 0 Å². The molecule has 4 heteroatoms. The second-order valence-electron chi connectivity index (χ2n) is 8.53. The van der Waals surface area contributed by atoms with Gasteiger partial charge in [0.1, 0.15) is 11.4 Å². The molecule has 1 fully saturated rings. The van der Waals surface area contributed by atoms with E-state index >= 15 is 0 Å². The summed E-state index contributed by atoms with van der Waals surface area (Å²) in [6.45, 7) is 11.7. The van der Waals surface area contributed by atoms with Crippen molar-refractivity contribution in [1.82, 2.24) is 9.55 Å². The molecule has 2 aromatic heterocycles. The quantitative estimate of drug-likeness (QED) is 0.534. The predicted octanol–water partition coefficient (Wildman–Crippen LogP) is 5.57. The van der Waals surface area contributed by atoms with Crippen molar-refractivity contribution in [2.75, 3.05) is 25.1 Å². The van der Waals surface area contributed by atoms with Crippen LogP contribution in [0.15, 0.2) is 55.4 Å². The van der Waals surface area contributed by atoms with E-state index in [1.165, 1.54) is 29.5 Å². The number of aromatic nitrogens is 2. The molecule has 1 aromatic carbocycles. The number of fused-ring (bicyclic) bond motifs is 1. The van der Waals surface area contributed by atoms with Gasteiger partial charge in [0, 0.05) is 48.7 Å². The van der Waals surface area contributed by atoms with Crippen molar-refractivity contribution in [2.24, 2.45) is 11.8 Å². The van der Waals surface area contributed by atoms with Gasteiger partial charge in [0.05, 0.1) is 7.11 Å². The Morgan fingerprint density at radius 2 is 1.76 bits per heavy atom. The smallest absolute Gasteiger partial charge is 0.142 e. The Hall–Kier alpha value is -2.75. The van der Waals surface area contributed by atoms with Gasteiger partial charge >= 0.3 is 0 Å². The highest BCUT2D eigenvalue weighted by Gasteiger charge is 2.21. The highest BCUT2D eigenvalue weighted by Crippen LogP contribution is 2.31.